The normalized spacial score (nSPS) is 14.3. The third kappa shape index (κ3) is 4.42. The average Bonchev–Trinajstić information content (AvgIpc) is 3.09. The molecule has 0 aliphatic carbocycles. The van der Waals surface area contributed by atoms with E-state index in [1.807, 2.05) is 36.4 Å². The molecule has 1 aliphatic rings. The highest BCUT2D eigenvalue weighted by Gasteiger charge is 2.24. The van der Waals surface area contributed by atoms with Gasteiger partial charge in [-0.05, 0) is 30.7 Å². The second kappa shape index (κ2) is 8.94. The molecule has 1 aromatic carbocycles. The average molecular weight is 408 g/mol. The summed E-state index contributed by atoms with van der Waals surface area (Å²) in [6.07, 6.45) is 2.87. The third-order valence-electron chi connectivity index (χ3n) is 5.39. The first-order valence-corrected chi connectivity index (χ1v) is 10.2. The van der Waals surface area contributed by atoms with Crippen molar-refractivity contribution in [2.75, 3.05) is 26.2 Å². The van der Waals surface area contributed by atoms with Crippen LogP contribution >= 0.6 is 0 Å². The molecule has 1 aliphatic heterocycles. The number of nitrogens with zero attached hydrogens (tertiary/aromatic N) is 4. The first kappa shape index (κ1) is 19.9. The lowest BCUT2D eigenvalue weighted by atomic mass is 10.2. The van der Waals surface area contributed by atoms with E-state index in [-0.39, 0.29) is 18.2 Å². The van der Waals surface area contributed by atoms with Crippen molar-refractivity contribution >= 4 is 22.9 Å². The van der Waals surface area contributed by atoms with Crippen LogP contribution in [0.15, 0.2) is 57.9 Å². The second-order valence-electron chi connectivity index (χ2n) is 7.35. The fourth-order valence-electron chi connectivity index (χ4n) is 3.75. The molecular formula is C22H24N4O4. The number of carbonyl (C=O) groups is 2. The van der Waals surface area contributed by atoms with E-state index in [4.69, 9.17) is 4.42 Å². The van der Waals surface area contributed by atoms with Gasteiger partial charge in [-0.3, -0.25) is 19.1 Å². The van der Waals surface area contributed by atoms with E-state index in [1.54, 1.807) is 26.6 Å². The van der Waals surface area contributed by atoms with E-state index in [0.717, 1.165) is 11.2 Å². The van der Waals surface area contributed by atoms with E-state index in [9.17, 15) is 14.4 Å². The van der Waals surface area contributed by atoms with E-state index >= 15 is 0 Å². The molecular weight excluding hydrogens is 384 g/mol. The largest absolute Gasteiger partial charge is 0.419 e. The van der Waals surface area contributed by atoms with Gasteiger partial charge in [-0.2, -0.15) is 0 Å². The number of fused-ring (bicyclic) bond motifs is 1. The zero-order valence-corrected chi connectivity index (χ0v) is 16.7. The molecule has 8 nitrogen and oxygen atoms in total. The number of amides is 2. The molecule has 3 heterocycles. The number of aromatic nitrogens is 2. The van der Waals surface area contributed by atoms with Gasteiger partial charge in [-0.15, -0.1) is 0 Å². The minimum atomic E-state index is -0.399. The van der Waals surface area contributed by atoms with Crippen LogP contribution in [0.1, 0.15) is 18.5 Å². The number of pyridine rings is 1. The summed E-state index contributed by atoms with van der Waals surface area (Å²) < 4.78 is 6.79. The summed E-state index contributed by atoms with van der Waals surface area (Å²) in [5.74, 6) is -0.316. The summed E-state index contributed by atoms with van der Waals surface area (Å²) in [5, 5.41) is 0. The topological polar surface area (TPSA) is 88.7 Å². The van der Waals surface area contributed by atoms with Crippen LogP contribution in [0.2, 0.25) is 0 Å². The Morgan fingerprint density at radius 3 is 2.37 bits per heavy atom. The lowest BCUT2D eigenvalue weighted by molar-refractivity contribution is -0.139. The predicted molar refractivity (Wildman–Crippen MR) is 111 cm³/mol. The number of para-hydroxylation sites is 2. The highest BCUT2D eigenvalue weighted by Crippen LogP contribution is 2.13. The standard InChI is InChI=1S/C22H24N4O4/c27-20(9-5-11-26-18-7-1-2-8-19(18)30-22(26)29)24-12-14-25(15-13-24)21(28)16-17-6-3-4-10-23-17/h1-4,6-8,10H,5,9,11-16H2. The van der Waals surface area contributed by atoms with Crippen molar-refractivity contribution in [1.29, 1.82) is 0 Å². The van der Waals surface area contributed by atoms with Crippen LogP contribution in [-0.4, -0.2) is 57.3 Å². The highest BCUT2D eigenvalue weighted by atomic mass is 16.4. The molecule has 2 aromatic heterocycles. The zero-order valence-electron chi connectivity index (χ0n) is 16.7. The van der Waals surface area contributed by atoms with Gasteiger partial charge in [-0.25, -0.2) is 4.79 Å². The highest BCUT2D eigenvalue weighted by molar-refractivity contribution is 5.79. The Balaban J connectivity index is 1.24. The molecule has 8 heteroatoms. The molecule has 1 fully saturated rings. The Morgan fingerprint density at radius 2 is 1.63 bits per heavy atom. The molecule has 156 valence electrons. The van der Waals surface area contributed by atoms with Gasteiger partial charge in [0.15, 0.2) is 5.58 Å². The number of piperazine rings is 1. The Bertz CT molecular complexity index is 1080. The van der Waals surface area contributed by atoms with Crippen LogP contribution < -0.4 is 5.76 Å². The molecule has 4 rings (SSSR count). The summed E-state index contributed by atoms with van der Waals surface area (Å²) in [6, 6.07) is 12.8. The summed E-state index contributed by atoms with van der Waals surface area (Å²) in [5.41, 5.74) is 2.05. The van der Waals surface area contributed by atoms with Crippen LogP contribution in [0.4, 0.5) is 0 Å². The van der Waals surface area contributed by atoms with Crippen molar-refractivity contribution in [1.82, 2.24) is 19.4 Å². The Labute approximate surface area is 173 Å². The van der Waals surface area contributed by atoms with Crippen molar-refractivity contribution in [2.45, 2.75) is 25.8 Å². The zero-order chi connectivity index (χ0) is 20.9. The first-order valence-electron chi connectivity index (χ1n) is 10.2. The Hall–Kier alpha value is -3.42. The number of carbonyl (C=O) groups excluding carboxylic acids is 2. The Kier molecular flexibility index (Phi) is 5.92. The van der Waals surface area contributed by atoms with E-state index in [0.29, 0.717) is 51.1 Å². The quantitative estimate of drug-likeness (QED) is 0.619. The fourth-order valence-corrected chi connectivity index (χ4v) is 3.75. The molecule has 0 unspecified atom stereocenters. The maximum absolute atomic E-state index is 12.5. The van der Waals surface area contributed by atoms with Gasteiger partial charge in [0.05, 0.1) is 11.9 Å². The number of hydrogen-bond acceptors (Lipinski definition) is 5. The van der Waals surface area contributed by atoms with Crippen LogP contribution in [0.3, 0.4) is 0 Å². The van der Waals surface area contributed by atoms with Crippen molar-refractivity contribution < 1.29 is 14.0 Å². The molecule has 0 atom stereocenters. The summed E-state index contributed by atoms with van der Waals surface area (Å²) in [4.78, 5) is 44.8. The number of aryl methyl sites for hydroxylation is 1. The summed E-state index contributed by atoms with van der Waals surface area (Å²) >= 11 is 0. The predicted octanol–water partition coefficient (Wildman–Crippen LogP) is 1.68. The van der Waals surface area contributed by atoms with Crippen molar-refractivity contribution in [3.05, 3.63) is 64.9 Å². The maximum Gasteiger partial charge on any atom is 0.419 e. The van der Waals surface area contributed by atoms with Gasteiger partial charge in [-0.1, -0.05) is 18.2 Å². The molecule has 0 saturated carbocycles. The van der Waals surface area contributed by atoms with Gasteiger partial charge in [0, 0.05) is 51.0 Å². The summed E-state index contributed by atoms with van der Waals surface area (Å²) in [6.45, 7) is 2.55. The first-order chi connectivity index (χ1) is 14.6. The molecule has 0 bridgehead atoms. The fraction of sp³-hybridized carbons (Fsp3) is 0.364. The molecule has 0 spiro atoms. The minimum Gasteiger partial charge on any atom is -0.408 e. The van der Waals surface area contributed by atoms with Crippen LogP contribution in [-0.2, 0) is 22.6 Å². The number of oxazole rings is 1. The van der Waals surface area contributed by atoms with E-state index in [2.05, 4.69) is 4.98 Å². The van der Waals surface area contributed by atoms with Crippen LogP contribution in [0, 0.1) is 0 Å². The van der Waals surface area contributed by atoms with Gasteiger partial charge in [0.25, 0.3) is 0 Å². The molecule has 30 heavy (non-hydrogen) atoms. The summed E-state index contributed by atoms with van der Waals surface area (Å²) in [7, 11) is 0. The van der Waals surface area contributed by atoms with E-state index in [1.165, 1.54) is 0 Å². The lowest BCUT2D eigenvalue weighted by Crippen LogP contribution is -2.51. The van der Waals surface area contributed by atoms with Crippen molar-refractivity contribution in [3.8, 4) is 0 Å². The number of hydrogen-bond donors (Lipinski definition) is 0. The Morgan fingerprint density at radius 1 is 0.933 bits per heavy atom. The van der Waals surface area contributed by atoms with Crippen molar-refractivity contribution in [2.24, 2.45) is 0 Å². The minimum absolute atomic E-state index is 0.0343. The second-order valence-corrected chi connectivity index (χ2v) is 7.35. The van der Waals surface area contributed by atoms with Gasteiger partial charge >= 0.3 is 5.76 Å². The molecule has 0 radical (unpaired) electrons. The van der Waals surface area contributed by atoms with E-state index < -0.39 is 5.76 Å². The monoisotopic (exact) mass is 408 g/mol. The van der Waals surface area contributed by atoms with Gasteiger partial charge in [0.2, 0.25) is 11.8 Å². The molecule has 1 saturated heterocycles. The third-order valence-corrected chi connectivity index (χ3v) is 5.39. The number of benzene rings is 1. The smallest absolute Gasteiger partial charge is 0.408 e. The molecule has 2 amide bonds. The number of rotatable bonds is 6. The SMILES string of the molecule is O=C(CCCn1c(=O)oc2ccccc21)N1CCN(C(=O)Cc2ccccn2)CC1. The van der Waals surface area contributed by atoms with Crippen LogP contribution in [0.25, 0.3) is 11.1 Å². The lowest BCUT2D eigenvalue weighted by Gasteiger charge is -2.35. The van der Waals surface area contributed by atoms with Crippen molar-refractivity contribution in [3.63, 3.8) is 0 Å². The van der Waals surface area contributed by atoms with Crippen LogP contribution in [0.5, 0.6) is 0 Å². The molecule has 3 aromatic rings. The molecule has 0 N–H and O–H groups in total. The van der Waals surface area contributed by atoms with Gasteiger partial charge in [0.1, 0.15) is 0 Å². The van der Waals surface area contributed by atoms with Gasteiger partial charge < -0.3 is 14.2 Å². The maximum atomic E-state index is 12.5.